The fourth-order valence-corrected chi connectivity index (χ4v) is 1.76. The molecule has 0 radical (unpaired) electrons. The van der Waals surface area contributed by atoms with Crippen LogP contribution in [0.2, 0.25) is 0 Å². The van der Waals surface area contributed by atoms with E-state index in [1.807, 2.05) is 13.8 Å². The Labute approximate surface area is 110 Å². The summed E-state index contributed by atoms with van der Waals surface area (Å²) >= 11 is 0. The molecule has 1 aromatic carbocycles. The van der Waals surface area contributed by atoms with E-state index in [1.165, 1.54) is 24.3 Å². The largest absolute Gasteiger partial charge is 0.508 e. The van der Waals surface area contributed by atoms with Crippen LogP contribution in [0.1, 0.15) is 25.8 Å². The summed E-state index contributed by atoms with van der Waals surface area (Å²) in [7, 11) is 0. The molecule has 0 spiro atoms. The predicted molar refractivity (Wildman–Crippen MR) is 69.8 cm³/mol. The molecule has 0 aromatic heterocycles. The number of phenolic OH excluding ortho intramolecular Hbond substituents is 1. The number of aliphatic carboxylic acids is 2. The fourth-order valence-electron chi connectivity index (χ4n) is 1.76. The van der Waals surface area contributed by atoms with Crippen molar-refractivity contribution < 1.29 is 24.9 Å². The standard InChI is InChI=1S/C14H16O5/c1-8(2)7-11(13(16)17)12(14(18)19)9-3-5-10(15)6-4-9/h3-6,8,15H,7H2,1-2H3,(H,16,17)(H,18,19). The van der Waals surface area contributed by atoms with Crippen molar-refractivity contribution in [2.45, 2.75) is 20.3 Å². The third-order valence-electron chi connectivity index (χ3n) is 2.54. The third-order valence-corrected chi connectivity index (χ3v) is 2.54. The van der Waals surface area contributed by atoms with Gasteiger partial charge in [0.2, 0.25) is 0 Å². The predicted octanol–water partition coefficient (Wildman–Crippen LogP) is 2.36. The first kappa shape index (κ1) is 14.8. The van der Waals surface area contributed by atoms with Crippen molar-refractivity contribution in [1.29, 1.82) is 0 Å². The van der Waals surface area contributed by atoms with Gasteiger partial charge in [-0.3, -0.25) is 0 Å². The van der Waals surface area contributed by atoms with Gasteiger partial charge >= 0.3 is 11.9 Å². The summed E-state index contributed by atoms with van der Waals surface area (Å²) in [6.45, 7) is 3.64. The molecule has 5 heteroatoms. The van der Waals surface area contributed by atoms with E-state index >= 15 is 0 Å². The Balaban J connectivity index is 3.41. The molecule has 0 aliphatic carbocycles. The van der Waals surface area contributed by atoms with E-state index in [-0.39, 0.29) is 34.8 Å². The molecule has 0 bridgehead atoms. The highest BCUT2D eigenvalue weighted by Gasteiger charge is 2.22. The van der Waals surface area contributed by atoms with Gasteiger partial charge in [0, 0.05) is 0 Å². The maximum Gasteiger partial charge on any atom is 0.336 e. The molecule has 5 nitrogen and oxygen atoms in total. The van der Waals surface area contributed by atoms with Crippen LogP contribution >= 0.6 is 0 Å². The molecule has 1 rings (SSSR count). The average Bonchev–Trinajstić information content (AvgIpc) is 2.29. The van der Waals surface area contributed by atoms with Gasteiger partial charge in [0.25, 0.3) is 0 Å². The summed E-state index contributed by atoms with van der Waals surface area (Å²) in [6, 6.07) is 5.43. The Kier molecular flexibility index (Phi) is 4.69. The Morgan fingerprint density at radius 3 is 1.95 bits per heavy atom. The van der Waals surface area contributed by atoms with Crippen LogP contribution in [0.15, 0.2) is 29.8 Å². The van der Waals surface area contributed by atoms with Crippen LogP contribution in [0, 0.1) is 5.92 Å². The Morgan fingerprint density at radius 2 is 1.58 bits per heavy atom. The van der Waals surface area contributed by atoms with E-state index in [0.29, 0.717) is 0 Å². The number of carbonyl (C=O) groups is 2. The maximum atomic E-state index is 11.3. The van der Waals surface area contributed by atoms with Crippen LogP contribution in [-0.4, -0.2) is 27.3 Å². The molecule has 0 aliphatic rings. The van der Waals surface area contributed by atoms with Crippen LogP contribution in [0.5, 0.6) is 5.75 Å². The summed E-state index contributed by atoms with van der Waals surface area (Å²) in [4.78, 5) is 22.6. The van der Waals surface area contributed by atoms with Gasteiger partial charge in [-0.25, -0.2) is 9.59 Å². The monoisotopic (exact) mass is 264 g/mol. The molecule has 0 amide bonds. The second kappa shape index (κ2) is 6.04. The fraction of sp³-hybridized carbons (Fsp3) is 0.286. The molecule has 0 unspecified atom stereocenters. The smallest absolute Gasteiger partial charge is 0.336 e. The molecule has 3 N–H and O–H groups in total. The second-order valence-electron chi connectivity index (χ2n) is 4.61. The average molecular weight is 264 g/mol. The number of carboxylic acids is 2. The highest BCUT2D eigenvalue weighted by molar-refractivity contribution is 6.21. The maximum absolute atomic E-state index is 11.3. The normalized spacial score (nSPS) is 12.2. The summed E-state index contributed by atoms with van der Waals surface area (Å²) in [5.74, 6) is -2.50. The SMILES string of the molecule is CC(C)CC(C(=O)O)=C(C(=O)O)c1ccc(O)cc1. The van der Waals surface area contributed by atoms with Gasteiger partial charge in [-0.15, -0.1) is 0 Å². The summed E-state index contributed by atoms with van der Waals surface area (Å²) in [6.07, 6.45) is 0.165. The second-order valence-corrected chi connectivity index (χ2v) is 4.61. The van der Waals surface area contributed by atoms with E-state index in [0.717, 1.165) is 0 Å². The number of aromatic hydroxyl groups is 1. The first-order valence-electron chi connectivity index (χ1n) is 5.82. The van der Waals surface area contributed by atoms with E-state index in [2.05, 4.69) is 0 Å². The summed E-state index contributed by atoms with van der Waals surface area (Å²) in [5, 5.41) is 27.6. The number of benzene rings is 1. The molecule has 0 saturated carbocycles. The molecule has 0 atom stereocenters. The number of carboxylic acid groups (broad SMARTS) is 2. The molecule has 19 heavy (non-hydrogen) atoms. The van der Waals surface area contributed by atoms with Crippen molar-refractivity contribution in [3.8, 4) is 5.75 Å². The van der Waals surface area contributed by atoms with Gasteiger partial charge in [-0.2, -0.15) is 0 Å². The molecule has 0 aliphatic heterocycles. The van der Waals surface area contributed by atoms with E-state index in [1.54, 1.807) is 0 Å². The zero-order valence-corrected chi connectivity index (χ0v) is 10.8. The Hall–Kier alpha value is -2.30. The highest BCUT2D eigenvalue weighted by Crippen LogP contribution is 2.25. The zero-order chi connectivity index (χ0) is 14.6. The van der Waals surface area contributed by atoms with Crippen LogP contribution in [0.3, 0.4) is 0 Å². The minimum Gasteiger partial charge on any atom is -0.508 e. The first-order valence-corrected chi connectivity index (χ1v) is 5.82. The van der Waals surface area contributed by atoms with Crippen molar-refractivity contribution in [3.63, 3.8) is 0 Å². The van der Waals surface area contributed by atoms with E-state index < -0.39 is 11.9 Å². The quantitative estimate of drug-likeness (QED) is 0.709. The number of rotatable bonds is 5. The van der Waals surface area contributed by atoms with Crippen molar-refractivity contribution in [3.05, 3.63) is 35.4 Å². The third kappa shape index (κ3) is 3.84. The lowest BCUT2D eigenvalue weighted by molar-refractivity contribution is -0.134. The first-order chi connectivity index (χ1) is 8.82. The molecule has 1 aromatic rings. The van der Waals surface area contributed by atoms with Gasteiger partial charge in [0.05, 0.1) is 11.1 Å². The number of phenols is 1. The van der Waals surface area contributed by atoms with Crippen molar-refractivity contribution >= 4 is 17.5 Å². The number of hydrogen-bond acceptors (Lipinski definition) is 3. The van der Waals surface area contributed by atoms with Crippen LogP contribution in [0.4, 0.5) is 0 Å². The Morgan fingerprint density at radius 1 is 1.05 bits per heavy atom. The van der Waals surface area contributed by atoms with Gasteiger partial charge in [-0.05, 0) is 30.0 Å². The van der Waals surface area contributed by atoms with Crippen LogP contribution < -0.4 is 0 Å². The molecular formula is C14H16O5. The van der Waals surface area contributed by atoms with Gasteiger partial charge < -0.3 is 15.3 Å². The van der Waals surface area contributed by atoms with Gasteiger partial charge in [0.1, 0.15) is 5.75 Å². The highest BCUT2D eigenvalue weighted by atomic mass is 16.4. The van der Waals surface area contributed by atoms with E-state index in [9.17, 15) is 24.9 Å². The molecule has 102 valence electrons. The van der Waals surface area contributed by atoms with E-state index in [4.69, 9.17) is 0 Å². The lowest BCUT2D eigenvalue weighted by Gasteiger charge is -2.11. The van der Waals surface area contributed by atoms with Crippen LogP contribution in [0.25, 0.3) is 5.57 Å². The summed E-state index contributed by atoms with van der Waals surface area (Å²) in [5.41, 5.74) is -0.0993. The lowest BCUT2D eigenvalue weighted by atomic mass is 9.93. The van der Waals surface area contributed by atoms with Crippen molar-refractivity contribution in [1.82, 2.24) is 0 Å². The molecule has 0 fully saturated rings. The molecule has 0 saturated heterocycles. The minimum atomic E-state index is -1.29. The lowest BCUT2D eigenvalue weighted by Crippen LogP contribution is -2.12. The van der Waals surface area contributed by atoms with Crippen molar-refractivity contribution in [2.24, 2.45) is 5.92 Å². The zero-order valence-electron chi connectivity index (χ0n) is 10.8. The molecular weight excluding hydrogens is 248 g/mol. The van der Waals surface area contributed by atoms with Crippen molar-refractivity contribution in [2.75, 3.05) is 0 Å². The topological polar surface area (TPSA) is 94.8 Å². The van der Waals surface area contributed by atoms with Gasteiger partial charge in [-0.1, -0.05) is 26.0 Å². The summed E-state index contributed by atoms with van der Waals surface area (Å²) < 4.78 is 0. The Bertz CT molecular complexity index is 511. The minimum absolute atomic E-state index is 0.00535. The number of hydrogen-bond donors (Lipinski definition) is 3. The van der Waals surface area contributed by atoms with Crippen LogP contribution in [-0.2, 0) is 9.59 Å². The molecule has 0 heterocycles. The van der Waals surface area contributed by atoms with Gasteiger partial charge in [0.15, 0.2) is 0 Å².